The molecule has 100 valence electrons. The Labute approximate surface area is 109 Å². The second kappa shape index (κ2) is 5.49. The molecule has 1 N–H and O–H groups in total. The quantitative estimate of drug-likeness (QED) is 0.851. The van der Waals surface area contributed by atoms with E-state index in [4.69, 9.17) is 0 Å². The lowest BCUT2D eigenvalue weighted by Gasteiger charge is -2.36. The van der Waals surface area contributed by atoms with Crippen LogP contribution in [0.15, 0.2) is 0 Å². The smallest absolute Gasteiger partial charge is 0.151 e. The molecule has 1 aliphatic heterocycles. The minimum Gasteiger partial charge on any atom is -0.312 e. The Kier molecular flexibility index (Phi) is 4.42. The summed E-state index contributed by atoms with van der Waals surface area (Å²) in [5.41, 5.74) is 0. The van der Waals surface area contributed by atoms with Crippen LogP contribution in [0.25, 0.3) is 0 Å². The van der Waals surface area contributed by atoms with Crippen LogP contribution in [0, 0.1) is 0 Å². The van der Waals surface area contributed by atoms with Crippen LogP contribution in [-0.2, 0) is 9.84 Å². The van der Waals surface area contributed by atoms with E-state index in [0.29, 0.717) is 16.3 Å². The van der Waals surface area contributed by atoms with Gasteiger partial charge in [0.1, 0.15) is 0 Å². The number of thioether (sulfide) groups is 1. The fourth-order valence-electron chi connectivity index (χ4n) is 2.94. The van der Waals surface area contributed by atoms with E-state index in [-0.39, 0.29) is 6.04 Å². The second-order valence-corrected chi connectivity index (χ2v) is 8.93. The maximum absolute atomic E-state index is 11.4. The van der Waals surface area contributed by atoms with Crippen LogP contribution < -0.4 is 5.32 Å². The third-order valence-electron chi connectivity index (χ3n) is 4.14. The molecule has 2 fully saturated rings. The van der Waals surface area contributed by atoms with E-state index in [1.165, 1.54) is 32.1 Å². The van der Waals surface area contributed by atoms with Gasteiger partial charge in [0, 0.05) is 17.3 Å². The summed E-state index contributed by atoms with van der Waals surface area (Å²) in [6.45, 7) is 0.981. The molecule has 0 amide bonds. The van der Waals surface area contributed by atoms with E-state index in [9.17, 15) is 8.42 Å². The lowest BCUT2D eigenvalue weighted by molar-refractivity contribution is 0.366. The summed E-state index contributed by atoms with van der Waals surface area (Å²) in [6, 6.07) is 0.200. The molecule has 1 atom stereocenters. The average molecular weight is 277 g/mol. The third kappa shape index (κ3) is 3.61. The van der Waals surface area contributed by atoms with E-state index in [2.05, 4.69) is 11.6 Å². The molecule has 0 aromatic rings. The number of rotatable bonds is 4. The molecular weight excluding hydrogens is 254 g/mol. The van der Waals surface area contributed by atoms with Crippen molar-refractivity contribution >= 4 is 21.6 Å². The highest BCUT2D eigenvalue weighted by Crippen LogP contribution is 2.38. The van der Waals surface area contributed by atoms with Gasteiger partial charge in [-0.3, -0.25) is 0 Å². The molecular formula is C12H23NO2S2. The van der Waals surface area contributed by atoms with Gasteiger partial charge in [0.25, 0.3) is 0 Å². The molecule has 0 bridgehead atoms. The van der Waals surface area contributed by atoms with Gasteiger partial charge >= 0.3 is 0 Å². The van der Waals surface area contributed by atoms with Crippen molar-refractivity contribution in [3.05, 3.63) is 0 Å². The van der Waals surface area contributed by atoms with Crippen molar-refractivity contribution in [1.29, 1.82) is 0 Å². The van der Waals surface area contributed by atoms with Crippen LogP contribution >= 0.6 is 11.8 Å². The topological polar surface area (TPSA) is 46.2 Å². The molecule has 0 radical (unpaired) electrons. The van der Waals surface area contributed by atoms with Gasteiger partial charge in [0.2, 0.25) is 0 Å². The average Bonchev–Trinajstić information content (AvgIpc) is 2.68. The predicted molar refractivity (Wildman–Crippen MR) is 74.4 cm³/mol. The van der Waals surface area contributed by atoms with Crippen molar-refractivity contribution < 1.29 is 8.42 Å². The summed E-state index contributed by atoms with van der Waals surface area (Å²) in [7, 11) is -2.74. The van der Waals surface area contributed by atoms with E-state index >= 15 is 0 Å². The van der Waals surface area contributed by atoms with E-state index < -0.39 is 9.84 Å². The van der Waals surface area contributed by atoms with Gasteiger partial charge in [0.05, 0.1) is 11.5 Å². The molecule has 1 heterocycles. The van der Waals surface area contributed by atoms with Gasteiger partial charge in [-0.2, -0.15) is 11.8 Å². The zero-order chi connectivity index (χ0) is 12.4. The predicted octanol–water partition coefficient (Wildman–Crippen LogP) is 1.83. The Hall–Kier alpha value is 0.260. The van der Waals surface area contributed by atoms with Crippen LogP contribution in [0.2, 0.25) is 0 Å². The number of nitrogens with one attached hydrogen (secondary N) is 1. The highest BCUT2D eigenvalue weighted by Gasteiger charge is 2.34. The van der Waals surface area contributed by atoms with E-state index in [1.54, 1.807) is 0 Å². The van der Waals surface area contributed by atoms with Gasteiger partial charge in [-0.25, -0.2) is 8.42 Å². The van der Waals surface area contributed by atoms with Crippen LogP contribution in [0.3, 0.4) is 0 Å². The zero-order valence-corrected chi connectivity index (χ0v) is 12.2. The van der Waals surface area contributed by atoms with Crippen molar-refractivity contribution in [3.63, 3.8) is 0 Å². The molecule has 1 saturated carbocycles. The lowest BCUT2D eigenvalue weighted by atomic mass is 9.88. The Bertz CT molecular complexity index is 348. The van der Waals surface area contributed by atoms with Crippen LogP contribution in [0.5, 0.6) is 0 Å². The minimum absolute atomic E-state index is 0.200. The first-order valence-corrected chi connectivity index (χ1v) is 9.59. The van der Waals surface area contributed by atoms with Gasteiger partial charge in [-0.1, -0.05) is 19.3 Å². The SMILES string of the molecule is CSC1(CNC2CCS(=O)(=O)C2)CCCCC1. The normalized spacial score (nSPS) is 31.5. The van der Waals surface area contributed by atoms with Gasteiger partial charge in [0.15, 0.2) is 9.84 Å². The third-order valence-corrected chi connectivity index (χ3v) is 7.33. The highest BCUT2D eigenvalue weighted by atomic mass is 32.2. The molecule has 1 unspecified atom stereocenters. The first kappa shape index (κ1) is 13.7. The standard InChI is InChI=1S/C12H23NO2S2/c1-16-12(6-3-2-4-7-12)10-13-11-5-8-17(14,15)9-11/h11,13H,2-10H2,1H3. The largest absolute Gasteiger partial charge is 0.312 e. The summed E-state index contributed by atoms with van der Waals surface area (Å²) in [5.74, 6) is 0.717. The van der Waals surface area contributed by atoms with Gasteiger partial charge in [-0.05, 0) is 25.5 Å². The summed E-state index contributed by atoms with van der Waals surface area (Å²) in [5, 5.41) is 3.50. The summed E-state index contributed by atoms with van der Waals surface area (Å²) < 4.78 is 23.2. The first-order valence-electron chi connectivity index (χ1n) is 6.54. The summed E-state index contributed by atoms with van der Waals surface area (Å²) in [6.07, 6.45) is 9.56. The minimum atomic E-state index is -2.74. The highest BCUT2D eigenvalue weighted by molar-refractivity contribution is 8.00. The molecule has 5 heteroatoms. The van der Waals surface area contributed by atoms with Crippen molar-refractivity contribution in [3.8, 4) is 0 Å². The van der Waals surface area contributed by atoms with Gasteiger partial charge < -0.3 is 5.32 Å². The number of hydrogen-bond donors (Lipinski definition) is 1. The van der Waals surface area contributed by atoms with Crippen LogP contribution in [0.4, 0.5) is 0 Å². The van der Waals surface area contributed by atoms with Crippen LogP contribution in [-0.4, -0.2) is 43.5 Å². The molecule has 3 nitrogen and oxygen atoms in total. The van der Waals surface area contributed by atoms with E-state index in [1.807, 2.05) is 11.8 Å². The number of hydrogen-bond acceptors (Lipinski definition) is 4. The van der Waals surface area contributed by atoms with Crippen LogP contribution in [0.1, 0.15) is 38.5 Å². The Balaban J connectivity index is 1.84. The molecule has 0 aromatic carbocycles. The van der Waals surface area contributed by atoms with Crippen molar-refractivity contribution in [2.75, 3.05) is 24.3 Å². The summed E-state index contributed by atoms with van der Waals surface area (Å²) in [4.78, 5) is 0. The molecule has 2 rings (SSSR count). The van der Waals surface area contributed by atoms with Crippen molar-refractivity contribution in [2.45, 2.75) is 49.3 Å². The Morgan fingerprint density at radius 1 is 1.29 bits per heavy atom. The molecule has 1 saturated heterocycles. The lowest BCUT2D eigenvalue weighted by Crippen LogP contribution is -2.43. The summed E-state index contributed by atoms with van der Waals surface area (Å²) >= 11 is 1.96. The molecule has 0 spiro atoms. The zero-order valence-electron chi connectivity index (χ0n) is 10.6. The maximum atomic E-state index is 11.4. The first-order chi connectivity index (χ1) is 8.05. The monoisotopic (exact) mass is 277 g/mol. The molecule has 2 aliphatic rings. The second-order valence-electron chi connectivity index (χ2n) is 5.43. The van der Waals surface area contributed by atoms with E-state index in [0.717, 1.165) is 13.0 Å². The molecule has 1 aliphatic carbocycles. The fraction of sp³-hybridized carbons (Fsp3) is 1.00. The fourth-order valence-corrected chi connectivity index (χ4v) is 5.57. The maximum Gasteiger partial charge on any atom is 0.151 e. The Morgan fingerprint density at radius 3 is 2.53 bits per heavy atom. The number of sulfone groups is 1. The van der Waals surface area contributed by atoms with Crippen molar-refractivity contribution in [1.82, 2.24) is 5.32 Å². The van der Waals surface area contributed by atoms with Crippen molar-refractivity contribution in [2.24, 2.45) is 0 Å². The molecule has 17 heavy (non-hydrogen) atoms. The molecule has 0 aromatic heterocycles. The Morgan fingerprint density at radius 2 is 2.00 bits per heavy atom. The van der Waals surface area contributed by atoms with Gasteiger partial charge in [-0.15, -0.1) is 0 Å².